The van der Waals surface area contributed by atoms with Crippen LogP contribution in [-0.2, 0) is 9.59 Å². The van der Waals surface area contributed by atoms with Crippen molar-refractivity contribution in [1.82, 2.24) is 9.80 Å². The van der Waals surface area contributed by atoms with Crippen molar-refractivity contribution in [3.63, 3.8) is 0 Å². The molecule has 28 heavy (non-hydrogen) atoms. The summed E-state index contributed by atoms with van der Waals surface area (Å²) in [5.74, 6) is 0.268. The first-order chi connectivity index (χ1) is 13.5. The molecule has 1 heterocycles. The summed E-state index contributed by atoms with van der Waals surface area (Å²) in [6, 6.07) is 6.96. The number of likely N-dealkylation sites (tertiary alicyclic amines) is 1. The quantitative estimate of drug-likeness (QED) is 0.739. The lowest BCUT2D eigenvalue weighted by molar-refractivity contribution is -0.135. The molecule has 0 aromatic heterocycles. The Labute approximate surface area is 169 Å². The molecule has 1 aliphatic carbocycles. The number of nitrogens with one attached hydrogen (secondary N) is 1. The van der Waals surface area contributed by atoms with E-state index in [1.807, 2.05) is 26.0 Å². The molecule has 5 heteroatoms. The summed E-state index contributed by atoms with van der Waals surface area (Å²) in [6.45, 7) is 8.15. The summed E-state index contributed by atoms with van der Waals surface area (Å²) in [6.07, 6.45) is 7.30. The zero-order chi connectivity index (χ0) is 20.1. The molecule has 2 amide bonds. The van der Waals surface area contributed by atoms with Gasteiger partial charge in [-0.1, -0.05) is 19.1 Å². The largest absolute Gasteiger partial charge is 0.340 e. The standard InChI is InChI=1S/C23H35N3O2/c1-4-19-7-5-6-13-26(19)23(28)12-14-25(20-10-11-20)16-22(27)24-21-15-17(2)8-9-18(21)3/h8-9,15,19-20H,4-7,10-14,16H2,1-3H3,(H,24,27). The van der Waals surface area contributed by atoms with Crippen LogP contribution in [0.1, 0.15) is 63.0 Å². The summed E-state index contributed by atoms with van der Waals surface area (Å²) in [5.41, 5.74) is 3.09. The number of hydrogen-bond acceptors (Lipinski definition) is 3. The number of hydrogen-bond donors (Lipinski definition) is 1. The zero-order valence-corrected chi connectivity index (χ0v) is 17.7. The molecule has 2 fully saturated rings. The van der Waals surface area contributed by atoms with E-state index >= 15 is 0 Å². The fourth-order valence-corrected chi connectivity index (χ4v) is 4.21. The number of anilines is 1. The molecule has 2 aliphatic rings. The molecule has 3 rings (SSSR count). The predicted molar refractivity (Wildman–Crippen MR) is 113 cm³/mol. The second-order valence-corrected chi connectivity index (χ2v) is 8.46. The van der Waals surface area contributed by atoms with E-state index in [9.17, 15) is 9.59 Å². The number of benzene rings is 1. The van der Waals surface area contributed by atoms with Crippen LogP contribution in [0.2, 0.25) is 0 Å². The molecule has 1 aliphatic heterocycles. The molecule has 1 unspecified atom stereocenters. The maximum Gasteiger partial charge on any atom is 0.238 e. The lowest BCUT2D eigenvalue weighted by Crippen LogP contribution is -2.45. The van der Waals surface area contributed by atoms with Gasteiger partial charge in [0.2, 0.25) is 11.8 Å². The van der Waals surface area contributed by atoms with E-state index in [2.05, 4.69) is 28.1 Å². The van der Waals surface area contributed by atoms with Gasteiger partial charge in [-0.3, -0.25) is 14.5 Å². The Kier molecular flexibility index (Phi) is 7.11. The number of amides is 2. The molecule has 1 N–H and O–H groups in total. The average molecular weight is 386 g/mol. The maximum absolute atomic E-state index is 12.8. The SMILES string of the molecule is CCC1CCCCN1C(=O)CCN(CC(=O)Nc1cc(C)ccc1C)C1CC1. The van der Waals surface area contributed by atoms with Gasteiger partial charge in [0, 0.05) is 37.3 Å². The van der Waals surface area contributed by atoms with Gasteiger partial charge in [-0.05, 0) is 69.6 Å². The summed E-state index contributed by atoms with van der Waals surface area (Å²) in [7, 11) is 0. The van der Waals surface area contributed by atoms with Crippen molar-refractivity contribution in [3.8, 4) is 0 Å². The van der Waals surface area contributed by atoms with Gasteiger partial charge in [0.1, 0.15) is 0 Å². The zero-order valence-electron chi connectivity index (χ0n) is 17.7. The number of carbonyl (C=O) groups excluding carboxylic acids is 2. The fourth-order valence-electron chi connectivity index (χ4n) is 4.21. The van der Waals surface area contributed by atoms with Gasteiger partial charge in [-0.15, -0.1) is 0 Å². The predicted octanol–water partition coefficient (Wildman–Crippen LogP) is 3.89. The third-order valence-electron chi connectivity index (χ3n) is 6.11. The van der Waals surface area contributed by atoms with E-state index in [1.54, 1.807) is 0 Å². The number of aryl methyl sites for hydroxylation is 2. The normalized spacial score (nSPS) is 19.7. The van der Waals surface area contributed by atoms with Crippen LogP contribution in [0.5, 0.6) is 0 Å². The highest BCUT2D eigenvalue weighted by molar-refractivity contribution is 5.93. The van der Waals surface area contributed by atoms with E-state index in [1.165, 1.54) is 6.42 Å². The van der Waals surface area contributed by atoms with E-state index in [0.29, 0.717) is 31.6 Å². The number of carbonyl (C=O) groups is 2. The highest BCUT2D eigenvalue weighted by atomic mass is 16.2. The Balaban J connectivity index is 1.53. The number of nitrogens with zero attached hydrogens (tertiary/aromatic N) is 2. The second-order valence-electron chi connectivity index (χ2n) is 8.46. The van der Waals surface area contributed by atoms with Crippen molar-refractivity contribution in [3.05, 3.63) is 29.3 Å². The van der Waals surface area contributed by atoms with Gasteiger partial charge in [0.05, 0.1) is 6.54 Å². The smallest absolute Gasteiger partial charge is 0.238 e. The van der Waals surface area contributed by atoms with Gasteiger partial charge in [0.25, 0.3) is 0 Å². The lowest BCUT2D eigenvalue weighted by Gasteiger charge is -2.36. The maximum atomic E-state index is 12.8. The fraction of sp³-hybridized carbons (Fsp3) is 0.652. The van der Waals surface area contributed by atoms with Crippen molar-refractivity contribution in [2.45, 2.75) is 77.8 Å². The molecule has 154 valence electrons. The first-order valence-corrected chi connectivity index (χ1v) is 10.9. The molecule has 1 atom stereocenters. The van der Waals surface area contributed by atoms with Crippen LogP contribution < -0.4 is 5.32 Å². The first kappa shape index (κ1) is 20.8. The summed E-state index contributed by atoms with van der Waals surface area (Å²) in [5, 5.41) is 3.06. The third-order valence-corrected chi connectivity index (χ3v) is 6.11. The average Bonchev–Trinajstić information content (AvgIpc) is 3.53. The lowest BCUT2D eigenvalue weighted by atomic mass is 9.99. The van der Waals surface area contributed by atoms with E-state index in [4.69, 9.17) is 0 Å². The molecule has 1 saturated carbocycles. The van der Waals surface area contributed by atoms with Crippen LogP contribution in [0.4, 0.5) is 5.69 Å². The van der Waals surface area contributed by atoms with Crippen molar-refractivity contribution < 1.29 is 9.59 Å². The highest BCUT2D eigenvalue weighted by Gasteiger charge is 2.32. The number of piperidine rings is 1. The van der Waals surface area contributed by atoms with Crippen LogP contribution in [-0.4, -0.2) is 53.3 Å². The Morgan fingerprint density at radius 3 is 2.68 bits per heavy atom. The second kappa shape index (κ2) is 9.55. The van der Waals surface area contributed by atoms with Crippen molar-refractivity contribution in [2.24, 2.45) is 0 Å². The minimum absolute atomic E-state index is 0.0115. The van der Waals surface area contributed by atoms with Gasteiger partial charge in [-0.25, -0.2) is 0 Å². The Bertz CT molecular complexity index is 699. The van der Waals surface area contributed by atoms with Gasteiger partial charge >= 0.3 is 0 Å². The molecule has 0 bridgehead atoms. The topological polar surface area (TPSA) is 52.7 Å². The monoisotopic (exact) mass is 385 g/mol. The van der Waals surface area contributed by atoms with Crippen LogP contribution in [0, 0.1) is 13.8 Å². The minimum atomic E-state index is 0.0115. The third kappa shape index (κ3) is 5.57. The Morgan fingerprint density at radius 1 is 1.18 bits per heavy atom. The van der Waals surface area contributed by atoms with Crippen molar-refractivity contribution in [2.75, 3.05) is 25.0 Å². The van der Waals surface area contributed by atoms with Gasteiger partial charge in [0.15, 0.2) is 0 Å². The van der Waals surface area contributed by atoms with Gasteiger partial charge in [-0.2, -0.15) is 0 Å². The summed E-state index contributed by atoms with van der Waals surface area (Å²) in [4.78, 5) is 29.7. The van der Waals surface area contributed by atoms with Crippen LogP contribution in [0.15, 0.2) is 18.2 Å². The minimum Gasteiger partial charge on any atom is -0.340 e. The molecular formula is C23H35N3O2. The Hall–Kier alpha value is -1.88. The van der Waals surface area contributed by atoms with E-state index in [0.717, 1.165) is 55.5 Å². The molecule has 1 aromatic carbocycles. The van der Waals surface area contributed by atoms with Gasteiger partial charge < -0.3 is 10.2 Å². The molecule has 1 saturated heterocycles. The summed E-state index contributed by atoms with van der Waals surface area (Å²) >= 11 is 0. The molecule has 0 radical (unpaired) electrons. The highest BCUT2D eigenvalue weighted by Crippen LogP contribution is 2.27. The van der Waals surface area contributed by atoms with Crippen LogP contribution in [0.25, 0.3) is 0 Å². The van der Waals surface area contributed by atoms with Crippen LogP contribution in [0.3, 0.4) is 0 Å². The summed E-state index contributed by atoms with van der Waals surface area (Å²) < 4.78 is 0. The van der Waals surface area contributed by atoms with E-state index in [-0.39, 0.29) is 11.8 Å². The van der Waals surface area contributed by atoms with Crippen molar-refractivity contribution >= 4 is 17.5 Å². The van der Waals surface area contributed by atoms with E-state index < -0.39 is 0 Å². The van der Waals surface area contributed by atoms with Crippen molar-refractivity contribution in [1.29, 1.82) is 0 Å². The molecular weight excluding hydrogens is 350 g/mol. The number of rotatable bonds is 8. The molecule has 0 spiro atoms. The molecule has 5 nitrogen and oxygen atoms in total. The van der Waals surface area contributed by atoms with Crippen LogP contribution >= 0.6 is 0 Å². The first-order valence-electron chi connectivity index (χ1n) is 10.9. The molecule has 1 aromatic rings. The Morgan fingerprint density at radius 2 is 1.96 bits per heavy atom.